The van der Waals surface area contributed by atoms with Crippen LogP contribution in [0.2, 0.25) is 0 Å². The van der Waals surface area contributed by atoms with Crippen molar-refractivity contribution in [3.8, 4) is 17.1 Å². The summed E-state index contributed by atoms with van der Waals surface area (Å²) in [6, 6.07) is 10.2. The summed E-state index contributed by atoms with van der Waals surface area (Å²) in [5.41, 5.74) is 10.3. The number of ether oxygens (including phenoxy) is 1. The molecule has 3 N–H and O–H groups in total. The van der Waals surface area contributed by atoms with Gasteiger partial charge in [-0.3, -0.25) is 0 Å². The summed E-state index contributed by atoms with van der Waals surface area (Å²) in [5, 5.41) is 1.25. The molecule has 0 radical (unpaired) electrons. The Balaban J connectivity index is 2.09. The Bertz CT molecular complexity index is 796. The lowest BCUT2D eigenvalue weighted by Gasteiger charge is -2.06. The molecule has 4 nitrogen and oxygen atoms in total. The number of benzene rings is 1. The summed E-state index contributed by atoms with van der Waals surface area (Å²) in [7, 11) is 1.63. The largest absolute Gasteiger partial charge is 0.481 e. The molecular formula is C18H20BrN3O. The van der Waals surface area contributed by atoms with Crippen LogP contribution in [0.3, 0.4) is 0 Å². The molecule has 0 bridgehead atoms. The number of nitrogens with two attached hydrogens (primary N) is 1. The summed E-state index contributed by atoms with van der Waals surface area (Å²) < 4.78 is 6.22. The summed E-state index contributed by atoms with van der Waals surface area (Å²) in [4.78, 5) is 7.88. The van der Waals surface area contributed by atoms with E-state index >= 15 is 0 Å². The molecule has 1 aromatic carbocycles. The average Bonchev–Trinajstić information content (AvgIpc) is 2.95. The summed E-state index contributed by atoms with van der Waals surface area (Å²) in [6.07, 6.45) is 4.95. The Morgan fingerprint density at radius 1 is 1.22 bits per heavy atom. The number of aromatic nitrogens is 2. The number of methoxy groups -OCH3 is 1. The molecule has 2 aromatic heterocycles. The minimum atomic E-state index is 0.621. The quantitative estimate of drug-likeness (QED) is 0.633. The maximum absolute atomic E-state index is 5.65. The number of unbranched alkanes of at least 4 members (excludes halogenated alkanes) is 1. The Hall–Kier alpha value is -1.85. The van der Waals surface area contributed by atoms with Gasteiger partial charge in [0.05, 0.1) is 18.3 Å². The highest BCUT2D eigenvalue weighted by Crippen LogP contribution is 2.34. The topological polar surface area (TPSA) is 63.9 Å². The van der Waals surface area contributed by atoms with Gasteiger partial charge >= 0.3 is 0 Å². The minimum Gasteiger partial charge on any atom is -0.481 e. The van der Waals surface area contributed by atoms with E-state index in [0.29, 0.717) is 5.88 Å². The van der Waals surface area contributed by atoms with Crippen LogP contribution in [0.1, 0.15) is 18.4 Å². The number of aromatic amines is 1. The van der Waals surface area contributed by atoms with Gasteiger partial charge in [0.1, 0.15) is 0 Å². The molecule has 0 fully saturated rings. The highest BCUT2D eigenvalue weighted by Gasteiger charge is 2.14. The molecule has 0 spiro atoms. The van der Waals surface area contributed by atoms with Crippen LogP contribution in [-0.4, -0.2) is 23.6 Å². The molecular weight excluding hydrogens is 354 g/mol. The monoisotopic (exact) mass is 373 g/mol. The number of H-pyrrole nitrogens is 1. The number of aryl methyl sites for hydroxylation is 1. The second-order valence-electron chi connectivity index (χ2n) is 5.48. The fourth-order valence-electron chi connectivity index (χ4n) is 2.84. The van der Waals surface area contributed by atoms with Gasteiger partial charge in [0.2, 0.25) is 5.88 Å². The highest BCUT2D eigenvalue weighted by molar-refractivity contribution is 9.10. The molecule has 120 valence electrons. The maximum Gasteiger partial charge on any atom is 0.212 e. The van der Waals surface area contributed by atoms with Gasteiger partial charge in [-0.05, 0) is 59.4 Å². The molecule has 0 unspecified atom stereocenters. The zero-order valence-electron chi connectivity index (χ0n) is 13.1. The molecule has 3 aromatic rings. The van der Waals surface area contributed by atoms with E-state index in [1.54, 1.807) is 7.11 Å². The first kappa shape index (κ1) is 16.0. The molecule has 3 rings (SSSR count). The van der Waals surface area contributed by atoms with E-state index in [2.05, 4.69) is 44.1 Å². The molecule has 0 atom stereocenters. The first-order valence-corrected chi connectivity index (χ1v) is 8.53. The normalized spacial score (nSPS) is 11.1. The predicted molar refractivity (Wildman–Crippen MR) is 97.8 cm³/mol. The summed E-state index contributed by atoms with van der Waals surface area (Å²) >= 11 is 3.63. The van der Waals surface area contributed by atoms with Crippen molar-refractivity contribution in [2.45, 2.75) is 19.3 Å². The predicted octanol–water partition coefficient (Wildman–Crippen LogP) is 4.28. The van der Waals surface area contributed by atoms with Crippen molar-refractivity contribution in [2.24, 2.45) is 5.73 Å². The number of nitrogens with one attached hydrogen (secondary N) is 1. The number of halogens is 1. The third-order valence-corrected chi connectivity index (χ3v) is 4.67. The molecule has 0 saturated carbocycles. The van der Waals surface area contributed by atoms with Gasteiger partial charge in [0.25, 0.3) is 0 Å². The lowest BCUT2D eigenvalue weighted by molar-refractivity contribution is 0.398. The molecule has 0 amide bonds. The Morgan fingerprint density at radius 3 is 2.78 bits per heavy atom. The van der Waals surface area contributed by atoms with Crippen molar-refractivity contribution in [3.05, 3.63) is 46.6 Å². The van der Waals surface area contributed by atoms with Crippen molar-refractivity contribution >= 4 is 26.8 Å². The third-order valence-electron chi connectivity index (χ3n) is 4.01. The average molecular weight is 374 g/mol. The molecule has 2 heterocycles. The van der Waals surface area contributed by atoms with E-state index < -0.39 is 0 Å². The van der Waals surface area contributed by atoms with Crippen LogP contribution >= 0.6 is 15.9 Å². The zero-order valence-corrected chi connectivity index (χ0v) is 14.7. The number of pyridine rings is 1. The molecule has 0 aliphatic carbocycles. The molecule has 5 heteroatoms. The van der Waals surface area contributed by atoms with Crippen LogP contribution in [0.4, 0.5) is 0 Å². The number of fused-ring (bicyclic) bond motifs is 1. The van der Waals surface area contributed by atoms with Crippen molar-refractivity contribution in [2.75, 3.05) is 13.7 Å². The molecule has 23 heavy (non-hydrogen) atoms. The first-order valence-electron chi connectivity index (χ1n) is 7.74. The van der Waals surface area contributed by atoms with E-state index in [1.807, 2.05) is 18.3 Å². The number of rotatable bonds is 6. The zero-order chi connectivity index (χ0) is 16.2. The van der Waals surface area contributed by atoms with Crippen LogP contribution in [0.25, 0.3) is 22.2 Å². The smallest absolute Gasteiger partial charge is 0.212 e. The lowest BCUT2D eigenvalue weighted by Crippen LogP contribution is -1.99. The van der Waals surface area contributed by atoms with E-state index in [1.165, 1.54) is 10.9 Å². The van der Waals surface area contributed by atoms with Crippen LogP contribution in [0.5, 0.6) is 5.88 Å². The van der Waals surface area contributed by atoms with Crippen molar-refractivity contribution < 1.29 is 4.74 Å². The number of nitrogens with zero attached hydrogens (tertiary/aromatic N) is 1. The molecule has 0 saturated heterocycles. The summed E-state index contributed by atoms with van der Waals surface area (Å²) in [5.74, 6) is 0.621. The SMILES string of the molecule is COc1ccc(-c2[nH]c3c(Br)cccc3c2CCCCN)cn1. The van der Waals surface area contributed by atoms with E-state index in [9.17, 15) is 0 Å². The van der Waals surface area contributed by atoms with Gasteiger partial charge < -0.3 is 15.5 Å². The van der Waals surface area contributed by atoms with Gasteiger partial charge in [-0.2, -0.15) is 0 Å². The lowest BCUT2D eigenvalue weighted by atomic mass is 10.0. The standard InChI is InChI=1S/C18H20BrN3O/c1-23-16-9-8-12(11-21-16)17-13(5-2-3-10-20)14-6-4-7-15(19)18(14)22-17/h4,6-9,11,22H,2-3,5,10,20H2,1H3. The Kier molecular flexibility index (Phi) is 4.98. The highest BCUT2D eigenvalue weighted by atomic mass is 79.9. The second-order valence-corrected chi connectivity index (χ2v) is 6.33. The number of para-hydroxylation sites is 1. The number of hydrogen-bond donors (Lipinski definition) is 2. The van der Waals surface area contributed by atoms with Crippen LogP contribution in [0, 0.1) is 0 Å². The number of hydrogen-bond acceptors (Lipinski definition) is 3. The maximum atomic E-state index is 5.65. The van der Waals surface area contributed by atoms with Gasteiger partial charge in [-0.15, -0.1) is 0 Å². The Morgan fingerprint density at radius 2 is 2.09 bits per heavy atom. The van der Waals surface area contributed by atoms with E-state index in [0.717, 1.165) is 47.1 Å². The fourth-order valence-corrected chi connectivity index (χ4v) is 3.30. The first-order chi connectivity index (χ1) is 11.2. The van der Waals surface area contributed by atoms with Gasteiger partial charge in [0, 0.05) is 27.7 Å². The van der Waals surface area contributed by atoms with E-state index in [4.69, 9.17) is 10.5 Å². The Labute approximate surface area is 144 Å². The van der Waals surface area contributed by atoms with Crippen molar-refractivity contribution in [1.82, 2.24) is 9.97 Å². The van der Waals surface area contributed by atoms with Crippen LogP contribution in [0.15, 0.2) is 41.0 Å². The molecule has 0 aliphatic heterocycles. The summed E-state index contributed by atoms with van der Waals surface area (Å²) in [6.45, 7) is 0.728. The van der Waals surface area contributed by atoms with Crippen LogP contribution < -0.4 is 10.5 Å². The van der Waals surface area contributed by atoms with Gasteiger partial charge in [0.15, 0.2) is 0 Å². The van der Waals surface area contributed by atoms with Gasteiger partial charge in [-0.25, -0.2) is 4.98 Å². The minimum absolute atomic E-state index is 0.621. The van der Waals surface area contributed by atoms with E-state index in [-0.39, 0.29) is 0 Å². The third kappa shape index (κ3) is 3.26. The van der Waals surface area contributed by atoms with Crippen LogP contribution in [-0.2, 0) is 6.42 Å². The fraction of sp³-hybridized carbons (Fsp3) is 0.278. The second kappa shape index (κ2) is 7.15. The van der Waals surface area contributed by atoms with Gasteiger partial charge in [-0.1, -0.05) is 12.1 Å². The van der Waals surface area contributed by atoms with Crippen molar-refractivity contribution in [3.63, 3.8) is 0 Å². The molecule has 0 aliphatic rings. The van der Waals surface area contributed by atoms with Crippen molar-refractivity contribution in [1.29, 1.82) is 0 Å².